The summed E-state index contributed by atoms with van der Waals surface area (Å²) < 4.78 is 8.30. The van der Waals surface area contributed by atoms with Gasteiger partial charge in [-0.3, -0.25) is 0 Å². The van der Waals surface area contributed by atoms with Crippen LogP contribution in [0.15, 0.2) is 25.0 Å². The highest BCUT2D eigenvalue weighted by Crippen LogP contribution is 2.39. The highest BCUT2D eigenvalue weighted by atomic mass is 16.5. The van der Waals surface area contributed by atoms with Crippen molar-refractivity contribution in [3.8, 4) is 0 Å². The van der Waals surface area contributed by atoms with E-state index in [4.69, 9.17) is 4.74 Å². The molecule has 2 saturated heterocycles. The van der Waals surface area contributed by atoms with Gasteiger partial charge in [0.1, 0.15) is 12.7 Å². The highest BCUT2D eigenvalue weighted by Gasteiger charge is 2.44. The summed E-state index contributed by atoms with van der Waals surface area (Å²) in [5, 5.41) is 7.81. The number of aryl methyl sites for hydroxylation is 1. The number of aromatic nitrogens is 5. The van der Waals surface area contributed by atoms with E-state index in [1.807, 2.05) is 12.4 Å². The molecule has 0 N–H and O–H groups in total. The summed E-state index contributed by atoms with van der Waals surface area (Å²) in [6.07, 6.45) is 11.6. The molecule has 0 saturated carbocycles. The predicted molar refractivity (Wildman–Crippen MR) is 85.2 cm³/mol. The van der Waals surface area contributed by atoms with Crippen LogP contribution in [0.25, 0.3) is 0 Å². The zero-order valence-corrected chi connectivity index (χ0v) is 13.4. The Hall–Kier alpha value is -2.02. The summed E-state index contributed by atoms with van der Waals surface area (Å²) >= 11 is 0. The minimum Gasteiger partial charge on any atom is -0.371 e. The summed E-state index contributed by atoms with van der Waals surface area (Å²) in [5.74, 6) is 0.817. The van der Waals surface area contributed by atoms with E-state index in [0.29, 0.717) is 6.04 Å². The van der Waals surface area contributed by atoms with Crippen LogP contribution in [0.4, 0.5) is 5.95 Å². The first-order valence-electron chi connectivity index (χ1n) is 8.32. The Morgan fingerprint density at radius 2 is 2.04 bits per heavy atom. The summed E-state index contributed by atoms with van der Waals surface area (Å²) in [5.41, 5.74) is 1.07. The van der Waals surface area contributed by atoms with Gasteiger partial charge in [0.15, 0.2) is 0 Å². The van der Waals surface area contributed by atoms with Crippen molar-refractivity contribution in [3.63, 3.8) is 0 Å². The van der Waals surface area contributed by atoms with Crippen molar-refractivity contribution < 1.29 is 4.74 Å². The Kier molecular flexibility index (Phi) is 3.72. The minimum atomic E-state index is -0.0972. The largest absolute Gasteiger partial charge is 0.371 e. The van der Waals surface area contributed by atoms with Crippen LogP contribution in [0.3, 0.4) is 0 Å². The molecule has 0 radical (unpaired) electrons. The van der Waals surface area contributed by atoms with E-state index in [-0.39, 0.29) is 5.60 Å². The smallest absolute Gasteiger partial charge is 0.225 e. The number of rotatable bonds is 3. The molecule has 0 bridgehead atoms. The molecule has 23 heavy (non-hydrogen) atoms. The van der Waals surface area contributed by atoms with Crippen LogP contribution in [0.2, 0.25) is 0 Å². The molecule has 2 aliphatic rings. The van der Waals surface area contributed by atoms with Crippen molar-refractivity contribution >= 4 is 5.95 Å². The minimum absolute atomic E-state index is 0.0972. The number of hydrogen-bond donors (Lipinski definition) is 0. The molecule has 0 aliphatic carbocycles. The molecular weight excluding hydrogens is 292 g/mol. The zero-order chi connectivity index (χ0) is 15.7. The molecule has 122 valence electrons. The SMILES string of the molecule is CCc1cnc(N2CCC[C@]3(C[C@@H](n4cnnc4)CO3)C2)nc1. The zero-order valence-electron chi connectivity index (χ0n) is 13.4. The lowest BCUT2D eigenvalue weighted by molar-refractivity contribution is -0.00719. The Morgan fingerprint density at radius 3 is 2.78 bits per heavy atom. The van der Waals surface area contributed by atoms with E-state index in [2.05, 4.69) is 36.6 Å². The topological polar surface area (TPSA) is 69.0 Å². The van der Waals surface area contributed by atoms with Gasteiger partial charge in [-0.2, -0.15) is 0 Å². The highest BCUT2D eigenvalue weighted by molar-refractivity contribution is 5.32. The van der Waals surface area contributed by atoms with Gasteiger partial charge < -0.3 is 14.2 Å². The number of nitrogens with zero attached hydrogens (tertiary/aromatic N) is 6. The normalized spacial score (nSPS) is 27.7. The molecule has 7 nitrogen and oxygen atoms in total. The summed E-state index contributed by atoms with van der Waals surface area (Å²) in [7, 11) is 0. The fourth-order valence-electron chi connectivity index (χ4n) is 3.66. The van der Waals surface area contributed by atoms with Crippen LogP contribution in [-0.4, -0.2) is 50.0 Å². The third kappa shape index (κ3) is 2.81. The fourth-order valence-corrected chi connectivity index (χ4v) is 3.66. The van der Waals surface area contributed by atoms with Crippen molar-refractivity contribution in [2.75, 3.05) is 24.6 Å². The van der Waals surface area contributed by atoms with Gasteiger partial charge in [-0.05, 0) is 24.8 Å². The molecule has 7 heteroatoms. The van der Waals surface area contributed by atoms with Crippen LogP contribution in [0, 0.1) is 0 Å². The van der Waals surface area contributed by atoms with Gasteiger partial charge in [0.25, 0.3) is 0 Å². The van der Waals surface area contributed by atoms with Crippen molar-refractivity contribution in [3.05, 3.63) is 30.6 Å². The van der Waals surface area contributed by atoms with Crippen LogP contribution >= 0.6 is 0 Å². The summed E-state index contributed by atoms with van der Waals surface area (Å²) in [4.78, 5) is 11.3. The molecule has 2 aliphatic heterocycles. The predicted octanol–water partition coefficient (Wildman–Crippen LogP) is 1.63. The second kappa shape index (κ2) is 5.88. The lowest BCUT2D eigenvalue weighted by Crippen LogP contribution is -2.48. The molecule has 4 heterocycles. The van der Waals surface area contributed by atoms with Crippen LogP contribution in [-0.2, 0) is 11.2 Å². The van der Waals surface area contributed by atoms with E-state index in [1.165, 1.54) is 5.56 Å². The Bertz CT molecular complexity index is 643. The van der Waals surface area contributed by atoms with Gasteiger partial charge >= 0.3 is 0 Å². The molecular formula is C16H22N6O. The van der Waals surface area contributed by atoms with Crippen LogP contribution in [0.5, 0.6) is 0 Å². The molecule has 2 aromatic rings. The molecule has 0 unspecified atom stereocenters. The molecule has 2 fully saturated rings. The standard InChI is InChI=1S/C16H22N6O/c1-2-13-7-17-15(18-8-13)21-5-3-4-16(10-21)6-14(9-23-16)22-11-19-20-12-22/h7-8,11-12,14H,2-6,9-10H2,1H3/t14-,16+/m1/s1. The number of anilines is 1. The van der Waals surface area contributed by atoms with E-state index in [0.717, 1.165) is 51.3 Å². The van der Waals surface area contributed by atoms with Crippen molar-refractivity contribution in [2.24, 2.45) is 0 Å². The van der Waals surface area contributed by atoms with E-state index < -0.39 is 0 Å². The Morgan fingerprint density at radius 1 is 1.26 bits per heavy atom. The van der Waals surface area contributed by atoms with E-state index >= 15 is 0 Å². The van der Waals surface area contributed by atoms with Crippen molar-refractivity contribution in [1.29, 1.82) is 0 Å². The van der Waals surface area contributed by atoms with Crippen molar-refractivity contribution in [2.45, 2.75) is 44.2 Å². The molecule has 0 aromatic carbocycles. The average molecular weight is 314 g/mol. The third-order valence-corrected chi connectivity index (χ3v) is 4.97. The fraction of sp³-hybridized carbons (Fsp3) is 0.625. The van der Waals surface area contributed by atoms with E-state index in [9.17, 15) is 0 Å². The maximum absolute atomic E-state index is 6.24. The first-order chi connectivity index (χ1) is 11.3. The maximum Gasteiger partial charge on any atom is 0.225 e. The summed E-state index contributed by atoms with van der Waals surface area (Å²) in [6.45, 7) is 4.69. The number of ether oxygens (including phenoxy) is 1. The van der Waals surface area contributed by atoms with Gasteiger partial charge in [0.2, 0.25) is 5.95 Å². The first-order valence-corrected chi connectivity index (χ1v) is 8.32. The lowest BCUT2D eigenvalue weighted by Gasteiger charge is -2.39. The Balaban J connectivity index is 1.48. The molecule has 1 spiro atoms. The van der Waals surface area contributed by atoms with Crippen LogP contribution < -0.4 is 4.90 Å². The molecule has 2 atom stereocenters. The maximum atomic E-state index is 6.24. The lowest BCUT2D eigenvalue weighted by atomic mass is 9.89. The van der Waals surface area contributed by atoms with Crippen molar-refractivity contribution in [1.82, 2.24) is 24.7 Å². The van der Waals surface area contributed by atoms with E-state index in [1.54, 1.807) is 12.7 Å². The van der Waals surface area contributed by atoms with Crippen LogP contribution in [0.1, 0.15) is 37.8 Å². The number of piperidine rings is 1. The third-order valence-electron chi connectivity index (χ3n) is 4.97. The second-order valence-corrected chi connectivity index (χ2v) is 6.53. The van der Waals surface area contributed by atoms with Gasteiger partial charge in [-0.25, -0.2) is 9.97 Å². The van der Waals surface area contributed by atoms with Gasteiger partial charge in [-0.1, -0.05) is 6.92 Å². The average Bonchev–Trinajstić information content (AvgIpc) is 3.25. The molecule has 2 aromatic heterocycles. The van der Waals surface area contributed by atoms with Gasteiger partial charge in [-0.15, -0.1) is 10.2 Å². The quantitative estimate of drug-likeness (QED) is 0.858. The first kappa shape index (κ1) is 14.6. The van der Waals surface area contributed by atoms with Gasteiger partial charge in [0, 0.05) is 31.9 Å². The monoisotopic (exact) mass is 314 g/mol. The number of hydrogen-bond acceptors (Lipinski definition) is 6. The molecule has 0 amide bonds. The van der Waals surface area contributed by atoms with Gasteiger partial charge in [0.05, 0.1) is 18.2 Å². The second-order valence-electron chi connectivity index (χ2n) is 6.53. The molecule has 4 rings (SSSR count). The summed E-state index contributed by atoms with van der Waals surface area (Å²) in [6, 6.07) is 0.327. The Labute approximate surface area is 135 Å².